The number of carbonyl (C=O) groups excluding carboxylic acids is 1. The summed E-state index contributed by atoms with van der Waals surface area (Å²) in [4.78, 5) is 15.9. The summed E-state index contributed by atoms with van der Waals surface area (Å²) >= 11 is 0. The molecule has 0 unspecified atom stereocenters. The number of nitrogens with zero attached hydrogens (tertiary/aromatic N) is 2. The summed E-state index contributed by atoms with van der Waals surface area (Å²) in [6, 6.07) is 6.51. The number of rotatable bonds is 1. The number of aryl methyl sites for hydroxylation is 2. The Bertz CT molecular complexity index is 531. The van der Waals surface area contributed by atoms with Gasteiger partial charge in [-0.25, -0.2) is 0 Å². The molecule has 1 aliphatic heterocycles. The minimum atomic E-state index is -0.0527. The summed E-state index contributed by atoms with van der Waals surface area (Å²) in [7, 11) is 0. The van der Waals surface area contributed by atoms with E-state index < -0.39 is 0 Å². The van der Waals surface area contributed by atoms with E-state index in [1.807, 2.05) is 4.90 Å². The largest absolute Gasteiger partial charge is 0.368 e. The van der Waals surface area contributed by atoms with Gasteiger partial charge in [-0.05, 0) is 43.9 Å². The fourth-order valence-electron chi connectivity index (χ4n) is 2.40. The fraction of sp³-hybridized carbons (Fsp3) is 0.438. The van der Waals surface area contributed by atoms with Crippen LogP contribution >= 0.6 is 0 Å². The molecule has 0 aromatic heterocycles. The molecule has 0 radical (unpaired) electrons. The molecule has 0 atom stereocenters. The van der Waals surface area contributed by atoms with Crippen molar-refractivity contribution in [2.75, 3.05) is 31.1 Å². The Balaban J connectivity index is 2.05. The molecule has 1 aliphatic rings. The average Bonchev–Trinajstić information content (AvgIpc) is 2.42. The molecule has 0 N–H and O–H groups in total. The van der Waals surface area contributed by atoms with E-state index in [4.69, 9.17) is 0 Å². The van der Waals surface area contributed by atoms with E-state index in [9.17, 15) is 4.79 Å². The number of carbonyl (C=O) groups is 1. The highest BCUT2D eigenvalue weighted by Gasteiger charge is 2.20. The molecule has 2 rings (SSSR count). The Labute approximate surface area is 115 Å². The van der Waals surface area contributed by atoms with Gasteiger partial charge in [0, 0.05) is 31.9 Å². The first-order valence-electron chi connectivity index (χ1n) is 6.65. The van der Waals surface area contributed by atoms with Gasteiger partial charge in [0.05, 0.1) is 0 Å². The second kappa shape index (κ2) is 5.79. The summed E-state index contributed by atoms with van der Waals surface area (Å²) in [5.41, 5.74) is 3.85. The van der Waals surface area contributed by atoms with Crippen LogP contribution in [0.5, 0.6) is 0 Å². The van der Waals surface area contributed by atoms with Crippen molar-refractivity contribution in [3.63, 3.8) is 0 Å². The van der Waals surface area contributed by atoms with Crippen LogP contribution in [-0.2, 0) is 4.79 Å². The van der Waals surface area contributed by atoms with Gasteiger partial charge in [0.25, 0.3) is 5.91 Å². The van der Waals surface area contributed by atoms with Gasteiger partial charge in [-0.3, -0.25) is 4.79 Å². The quantitative estimate of drug-likeness (QED) is 0.717. The number of piperazine rings is 1. The van der Waals surface area contributed by atoms with Gasteiger partial charge in [-0.2, -0.15) is 0 Å². The molecule has 1 aromatic carbocycles. The van der Waals surface area contributed by atoms with Crippen molar-refractivity contribution in [3.05, 3.63) is 29.3 Å². The Kier molecular flexibility index (Phi) is 4.11. The van der Waals surface area contributed by atoms with Gasteiger partial charge >= 0.3 is 0 Å². The van der Waals surface area contributed by atoms with Gasteiger partial charge in [0.1, 0.15) is 0 Å². The summed E-state index contributed by atoms with van der Waals surface area (Å²) in [5.74, 6) is 5.23. The molecule has 1 saturated heterocycles. The number of hydrogen-bond donors (Lipinski definition) is 0. The molecule has 3 heteroatoms. The predicted octanol–water partition coefficient (Wildman–Crippen LogP) is 1.98. The second-order valence-electron chi connectivity index (χ2n) is 4.94. The molecule has 0 saturated carbocycles. The molecule has 0 bridgehead atoms. The zero-order chi connectivity index (χ0) is 13.8. The third-order valence-corrected chi connectivity index (χ3v) is 3.50. The van der Waals surface area contributed by atoms with Crippen LogP contribution in [-0.4, -0.2) is 37.0 Å². The lowest BCUT2D eigenvalue weighted by Gasteiger charge is -2.36. The molecule has 1 amide bonds. The van der Waals surface area contributed by atoms with Gasteiger partial charge in [-0.15, -0.1) is 0 Å². The van der Waals surface area contributed by atoms with Crippen molar-refractivity contribution in [3.8, 4) is 11.8 Å². The third kappa shape index (κ3) is 3.08. The fourth-order valence-corrected chi connectivity index (χ4v) is 2.40. The van der Waals surface area contributed by atoms with Crippen LogP contribution in [0.25, 0.3) is 0 Å². The van der Waals surface area contributed by atoms with E-state index in [-0.39, 0.29) is 5.91 Å². The van der Waals surface area contributed by atoms with Crippen molar-refractivity contribution in [2.24, 2.45) is 0 Å². The SMILES string of the molecule is CC#CC(=O)N1CCN(c2cc(C)ccc2C)CC1. The van der Waals surface area contributed by atoms with E-state index in [1.54, 1.807) is 6.92 Å². The minimum Gasteiger partial charge on any atom is -0.368 e. The highest BCUT2D eigenvalue weighted by atomic mass is 16.2. The minimum absolute atomic E-state index is 0.0527. The van der Waals surface area contributed by atoms with Gasteiger partial charge in [-0.1, -0.05) is 18.1 Å². The standard InChI is InChI=1S/C16H20N2O/c1-4-5-16(19)18-10-8-17(9-11-18)15-12-13(2)6-7-14(15)3/h6-7,12H,8-11H2,1-3H3. The highest BCUT2D eigenvalue weighted by Crippen LogP contribution is 2.22. The lowest BCUT2D eigenvalue weighted by atomic mass is 10.1. The van der Waals surface area contributed by atoms with Crippen LogP contribution in [0, 0.1) is 25.7 Å². The lowest BCUT2D eigenvalue weighted by molar-refractivity contribution is -0.125. The summed E-state index contributed by atoms with van der Waals surface area (Å²) in [6.07, 6.45) is 0. The monoisotopic (exact) mass is 256 g/mol. The number of hydrogen-bond acceptors (Lipinski definition) is 2. The summed E-state index contributed by atoms with van der Waals surface area (Å²) in [6.45, 7) is 9.20. The number of benzene rings is 1. The van der Waals surface area contributed by atoms with E-state index in [0.717, 1.165) is 26.2 Å². The third-order valence-electron chi connectivity index (χ3n) is 3.50. The smallest absolute Gasteiger partial charge is 0.298 e. The van der Waals surface area contributed by atoms with E-state index in [0.29, 0.717) is 0 Å². The summed E-state index contributed by atoms with van der Waals surface area (Å²) < 4.78 is 0. The summed E-state index contributed by atoms with van der Waals surface area (Å²) in [5, 5.41) is 0. The topological polar surface area (TPSA) is 23.6 Å². The molecule has 1 fully saturated rings. The van der Waals surface area contributed by atoms with Crippen LogP contribution in [0.15, 0.2) is 18.2 Å². The van der Waals surface area contributed by atoms with Crippen molar-refractivity contribution >= 4 is 11.6 Å². The Morgan fingerprint density at radius 1 is 1.16 bits per heavy atom. The van der Waals surface area contributed by atoms with Gasteiger partial charge in [0.15, 0.2) is 0 Å². The van der Waals surface area contributed by atoms with Crippen LogP contribution in [0.3, 0.4) is 0 Å². The van der Waals surface area contributed by atoms with Crippen LogP contribution in [0.4, 0.5) is 5.69 Å². The molecule has 1 aromatic rings. The first-order chi connectivity index (χ1) is 9.11. The maximum absolute atomic E-state index is 11.7. The zero-order valence-corrected chi connectivity index (χ0v) is 11.9. The maximum atomic E-state index is 11.7. The Morgan fingerprint density at radius 3 is 2.47 bits per heavy atom. The maximum Gasteiger partial charge on any atom is 0.298 e. The normalized spacial score (nSPS) is 14.9. The van der Waals surface area contributed by atoms with Crippen LogP contribution < -0.4 is 4.90 Å². The zero-order valence-electron chi connectivity index (χ0n) is 11.9. The molecule has 0 aliphatic carbocycles. The molecule has 100 valence electrons. The van der Waals surface area contributed by atoms with E-state index >= 15 is 0 Å². The lowest BCUT2D eigenvalue weighted by Crippen LogP contribution is -2.48. The molecular formula is C16H20N2O. The molecule has 19 heavy (non-hydrogen) atoms. The number of amides is 1. The average molecular weight is 256 g/mol. The Morgan fingerprint density at radius 2 is 1.84 bits per heavy atom. The van der Waals surface area contributed by atoms with Crippen LogP contribution in [0.1, 0.15) is 18.1 Å². The molecular weight excluding hydrogens is 236 g/mol. The Hall–Kier alpha value is -1.95. The van der Waals surface area contributed by atoms with Gasteiger partial charge < -0.3 is 9.80 Å². The number of anilines is 1. The first kappa shape index (κ1) is 13.5. The van der Waals surface area contributed by atoms with Crippen molar-refractivity contribution in [1.82, 2.24) is 4.90 Å². The van der Waals surface area contributed by atoms with Gasteiger partial charge in [0.2, 0.25) is 0 Å². The first-order valence-corrected chi connectivity index (χ1v) is 6.65. The molecule has 0 spiro atoms. The second-order valence-corrected chi connectivity index (χ2v) is 4.94. The van der Waals surface area contributed by atoms with E-state index in [1.165, 1.54) is 16.8 Å². The van der Waals surface area contributed by atoms with Crippen LogP contribution in [0.2, 0.25) is 0 Å². The predicted molar refractivity (Wildman–Crippen MR) is 78.2 cm³/mol. The van der Waals surface area contributed by atoms with E-state index in [2.05, 4.69) is 48.8 Å². The molecule has 3 nitrogen and oxygen atoms in total. The molecule has 1 heterocycles. The van der Waals surface area contributed by atoms with Crippen molar-refractivity contribution < 1.29 is 4.79 Å². The highest BCUT2D eigenvalue weighted by molar-refractivity contribution is 5.93. The van der Waals surface area contributed by atoms with Crippen molar-refractivity contribution in [1.29, 1.82) is 0 Å². The van der Waals surface area contributed by atoms with Crippen molar-refractivity contribution in [2.45, 2.75) is 20.8 Å².